The van der Waals surface area contributed by atoms with Crippen molar-refractivity contribution in [2.45, 2.75) is 13.5 Å². The van der Waals surface area contributed by atoms with Crippen LogP contribution < -0.4 is 20.7 Å². The number of likely N-dealkylation sites (N-methyl/N-ethyl adjacent to an activating group) is 1. The molecule has 0 atom stereocenters. The second kappa shape index (κ2) is 13.6. The van der Waals surface area contributed by atoms with Crippen LogP contribution in [0, 0.1) is 6.92 Å². The van der Waals surface area contributed by atoms with E-state index in [4.69, 9.17) is 38.7 Å². The molecule has 0 aliphatic heterocycles. The largest absolute Gasteiger partial charge is 0.485 e. The number of aryl methyl sites for hydroxylation is 1. The Kier molecular flexibility index (Phi) is 9.92. The molecular weight excluding hydrogens is 589 g/mol. The molecule has 0 bridgehead atoms. The van der Waals surface area contributed by atoms with Crippen LogP contribution in [-0.4, -0.2) is 47.7 Å². The summed E-state index contributed by atoms with van der Waals surface area (Å²) in [6, 6.07) is 11.8. The van der Waals surface area contributed by atoms with E-state index in [1.165, 1.54) is 17.2 Å². The van der Waals surface area contributed by atoms with Gasteiger partial charge in [-0.15, -0.1) is 6.58 Å². The number of fused-ring (bicyclic) bond motifs is 1. The number of nitrogens with two attached hydrogens (primary N) is 1. The Morgan fingerprint density at radius 1 is 1.09 bits per heavy atom. The molecule has 0 aliphatic rings. The minimum Gasteiger partial charge on any atom is -0.485 e. The Hall–Kier alpha value is -4.57. The van der Waals surface area contributed by atoms with Gasteiger partial charge in [0.1, 0.15) is 12.3 Å². The lowest BCUT2D eigenvalue weighted by atomic mass is 9.92. The lowest BCUT2D eigenvalue weighted by Crippen LogP contribution is -2.33. The number of anilines is 1. The van der Waals surface area contributed by atoms with Gasteiger partial charge in [0.15, 0.2) is 11.5 Å². The van der Waals surface area contributed by atoms with Gasteiger partial charge >= 0.3 is 0 Å². The van der Waals surface area contributed by atoms with E-state index in [9.17, 15) is 14.4 Å². The van der Waals surface area contributed by atoms with E-state index in [0.29, 0.717) is 55.6 Å². The zero-order valence-electron chi connectivity index (χ0n) is 23.6. The van der Waals surface area contributed by atoms with Crippen molar-refractivity contribution >= 4 is 57.4 Å². The average Bonchev–Trinajstić information content (AvgIpc) is 3.01. The average molecular weight is 619 g/mol. The predicted molar refractivity (Wildman–Crippen MR) is 170 cm³/mol. The molecule has 4 rings (SSSR count). The summed E-state index contributed by atoms with van der Waals surface area (Å²) in [6.45, 7) is 8.99. The SMILES string of the molecule is C=CCNC(=O)c1ccc(-c2ccc3nc(C)c(OCc4c(Cl)cccc4Cl)c(N(C)C(=O)CN)c3c2C(=O)C=C)cn1. The third-order valence-electron chi connectivity index (χ3n) is 6.70. The maximum Gasteiger partial charge on any atom is 0.270 e. The molecule has 11 heteroatoms. The lowest BCUT2D eigenvalue weighted by Gasteiger charge is -2.25. The van der Waals surface area contributed by atoms with Crippen LogP contribution in [0.4, 0.5) is 5.69 Å². The van der Waals surface area contributed by atoms with E-state index < -0.39 is 11.7 Å². The van der Waals surface area contributed by atoms with E-state index >= 15 is 0 Å². The monoisotopic (exact) mass is 617 g/mol. The number of benzene rings is 2. The molecule has 3 N–H and O–H groups in total. The van der Waals surface area contributed by atoms with Crippen molar-refractivity contribution in [3.63, 3.8) is 0 Å². The lowest BCUT2D eigenvalue weighted by molar-refractivity contribution is -0.117. The highest BCUT2D eigenvalue weighted by atomic mass is 35.5. The van der Waals surface area contributed by atoms with Crippen molar-refractivity contribution in [1.29, 1.82) is 0 Å². The standard InChI is InChI=1S/C32H29Cl2N5O4/c1-5-14-36-32(42)25-12-10-19(16-37-25)20-11-13-24-29(28(20)26(40)6-2)30(39(4)27(41)15-35)31(18(3)38-24)43-17-21-22(33)8-7-9-23(21)34/h5-13,16H,1-2,14-15,17,35H2,3-4H3,(H,36,42). The third-order valence-corrected chi connectivity index (χ3v) is 7.41. The maximum atomic E-state index is 13.6. The summed E-state index contributed by atoms with van der Waals surface area (Å²) in [7, 11) is 1.55. The normalized spacial score (nSPS) is 10.7. The number of ether oxygens (including phenoxy) is 1. The van der Waals surface area contributed by atoms with E-state index in [1.54, 1.807) is 62.5 Å². The number of amides is 2. The summed E-state index contributed by atoms with van der Waals surface area (Å²) >= 11 is 12.8. The number of aromatic nitrogens is 2. The van der Waals surface area contributed by atoms with Crippen LogP contribution in [0.25, 0.3) is 22.0 Å². The van der Waals surface area contributed by atoms with Crippen LogP contribution >= 0.6 is 23.2 Å². The molecule has 4 aromatic rings. The summed E-state index contributed by atoms with van der Waals surface area (Å²) < 4.78 is 6.26. The maximum absolute atomic E-state index is 13.6. The first-order valence-corrected chi connectivity index (χ1v) is 13.9. The number of carbonyl (C=O) groups excluding carboxylic acids is 3. The molecule has 43 heavy (non-hydrogen) atoms. The van der Waals surface area contributed by atoms with Gasteiger partial charge < -0.3 is 20.7 Å². The fraction of sp³-hybridized carbons (Fsp3) is 0.156. The Morgan fingerprint density at radius 2 is 1.81 bits per heavy atom. The first kappa shape index (κ1) is 31.4. The topological polar surface area (TPSA) is 128 Å². The molecule has 0 unspecified atom stereocenters. The molecule has 0 spiro atoms. The molecule has 0 aliphatic carbocycles. The Labute approximate surface area is 259 Å². The predicted octanol–water partition coefficient (Wildman–Crippen LogP) is 5.70. The minimum atomic E-state index is -0.425. The van der Waals surface area contributed by atoms with Crippen LogP contribution in [0.15, 0.2) is 74.0 Å². The Morgan fingerprint density at radius 3 is 2.42 bits per heavy atom. The second-order valence-corrected chi connectivity index (χ2v) is 10.2. The van der Waals surface area contributed by atoms with E-state index in [2.05, 4.69) is 23.5 Å². The summed E-state index contributed by atoms with van der Waals surface area (Å²) in [4.78, 5) is 49.3. The smallest absolute Gasteiger partial charge is 0.270 e. The zero-order valence-corrected chi connectivity index (χ0v) is 25.1. The zero-order chi connectivity index (χ0) is 31.3. The van der Waals surface area contributed by atoms with Crippen molar-refractivity contribution in [2.24, 2.45) is 5.73 Å². The molecule has 2 heterocycles. The van der Waals surface area contributed by atoms with E-state index in [-0.39, 0.29) is 36.1 Å². The number of nitrogens with zero attached hydrogens (tertiary/aromatic N) is 3. The van der Waals surface area contributed by atoms with Crippen molar-refractivity contribution in [2.75, 3.05) is 25.0 Å². The molecule has 0 fully saturated rings. The van der Waals surface area contributed by atoms with Crippen LogP contribution in [0.5, 0.6) is 5.75 Å². The van der Waals surface area contributed by atoms with Crippen molar-refractivity contribution in [3.8, 4) is 16.9 Å². The van der Waals surface area contributed by atoms with Crippen LogP contribution in [0.2, 0.25) is 10.0 Å². The minimum absolute atomic E-state index is 0.0338. The van der Waals surface area contributed by atoms with E-state index in [0.717, 1.165) is 0 Å². The van der Waals surface area contributed by atoms with Gasteiger partial charge in [-0.1, -0.05) is 54.1 Å². The second-order valence-electron chi connectivity index (χ2n) is 9.40. The number of carbonyl (C=O) groups is 3. The fourth-order valence-corrected chi connectivity index (χ4v) is 5.06. The number of pyridine rings is 2. The fourth-order valence-electron chi connectivity index (χ4n) is 4.55. The Balaban J connectivity index is 1.97. The van der Waals surface area contributed by atoms with Gasteiger partial charge in [-0.05, 0) is 42.8 Å². The highest BCUT2D eigenvalue weighted by Gasteiger charge is 2.27. The number of rotatable bonds is 11. The van der Waals surface area contributed by atoms with Crippen LogP contribution in [-0.2, 0) is 11.4 Å². The first-order valence-electron chi connectivity index (χ1n) is 13.1. The summed E-state index contributed by atoms with van der Waals surface area (Å²) in [5.74, 6) is -0.965. The van der Waals surface area contributed by atoms with Gasteiger partial charge in [-0.3, -0.25) is 19.4 Å². The van der Waals surface area contributed by atoms with Crippen molar-refractivity contribution < 1.29 is 19.1 Å². The van der Waals surface area contributed by atoms with E-state index in [1.807, 2.05) is 0 Å². The van der Waals surface area contributed by atoms with Crippen molar-refractivity contribution in [1.82, 2.24) is 15.3 Å². The number of hydrogen-bond donors (Lipinski definition) is 2. The molecule has 2 amide bonds. The number of nitrogens with one attached hydrogen (secondary N) is 1. The molecule has 0 radical (unpaired) electrons. The molecule has 0 saturated carbocycles. The summed E-state index contributed by atoms with van der Waals surface area (Å²) in [6.07, 6.45) is 4.24. The molecule has 2 aromatic heterocycles. The van der Waals surface area contributed by atoms with Crippen LogP contribution in [0.1, 0.15) is 32.1 Å². The molecule has 9 nitrogen and oxygen atoms in total. The van der Waals surface area contributed by atoms with Gasteiger partial charge in [0.05, 0.1) is 23.4 Å². The van der Waals surface area contributed by atoms with Crippen LogP contribution in [0.3, 0.4) is 0 Å². The number of ketones is 1. The van der Waals surface area contributed by atoms with Gasteiger partial charge in [0, 0.05) is 51.9 Å². The van der Waals surface area contributed by atoms with Gasteiger partial charge in [-0.25, -0.2) is 4.98 Å². The molecule has 2 aromatic carbocycles. The van der Waals surface area contributed by atoms with Gasteiger partial charge in [0.25, 0.3) is 5.91 Å². The number of allylic oxidation sites excluding steroid dienone is 1. The number of hydrogen-bond acceptors (Lipinski definition) is 7. The molecule has 220 valence electrons. The summed E-state index contributed by atoms with van der Waals surface area (Å²) in [5, 5.41) is 3.84. The highest BCUT2D eigenvalue weighted by molar-refractivity contribution is 6.36. The van der Waals surface area contributed by atoms with Gasteiger partial charge in [-0.2, -0.15) is 0 Å². The Bertz CT molecular complexity index is 1740. The summed E-state index contributed by atoms with van der Waals surface area (Å²) in [5.41, 5.74) is 8.95. The molecular formula is C32H29Cl2N5O4. The third kappa shape index (κ3) is 6.44. The first-order chi connectivity index (χ1) is 20.6. The highest BCUT2D eigenvalue weighted by Crippen LogP contribution is 2.43. The van der Waals surface area contributed by atoms with Gasteiger partial charge in [0.2, 0.25) is 5.91 Å². The number of halogens is 2. The van der Waals surface area contributed by atoms with Crippen molar-refractivity contribution in [3.05, 3.63) is 107 Å². The molecule has 0 saturated heterocycles. The quantitative estimate of drug-likeness (QED) is 0.126.